The zero-order chi connectivity index (χ0) is 20.1. The molecule has 1 heterocycles. The van der Waals surface area contributed by atoms with Gasteiger partial charge in [0.05, 0.1) is 0 Å². The molecular formula is C23H24N2O3. The van der Waals surface area contributed by atoms with Crippen molar-refractivity contribution in [1.29, 1.82) is 0 Å². The second kappa shape index (κ2) is 8.57. The highest BCUT2D eigenvalue weighted by atomic mass is 16.3. The Bertz CT molecular complexity index is 1020. The molecule has 0 saturated heterocycles. The minimum absolute atomic E-state index is 0.0947. The lowest BCUT2D eigenvalue weighted by atomic mass is 10.1. The summed E-state index contributed by atoms with van der Waals surface area (Å²) in [5.74, 6) is 0.651. The summed E-state index contributed by atoms with van der Waals surface area (Å²) in [5.41, 5.74) is 3.34. The summed E-state index contributed by atoms with van der Waals surface area (Å²) in [5, 5.41) is 3.60. The van der Waals surface area contributed by atoms with Crippen LogP contribution in [0.1, 0.15) is 34.2 Å². The van der Waals surface area contributed by atoms with Crippen LogP contribution in [0.4, 0.5) is 0 Å². The number of hydrogen-bond acceptors (Lipinski definition) is 3. The smallest absolute Gasteiger partial charge is 0.251 e. The van der Waals surface area contributed by atoms with Gasteiger partial charge in [0.25, 0.3) is 5.91 Å². The Balaban J connectivity index is 1.71. The number of benzene rings is 2. The van der Waals surface area contributed by atoms with E-state index in [1.54, 1.807) is 37.2 Å². The maximum atomic E-state index is 12.5. The number of nitrogens with one attached hydrogen (secondary N) is 1. The van der Waals surface area contributed by atoms with Crippen LogP contribution >= 0.6 is 0 Å². The normalized spacial score (nSPS) is 11.1. The van der Waals surface area contributed by atoms with Crippen LogP contribution < -0.4 is 5.32 Å². The third kappa shape index (κ3) is 4.14. The molecule has 1 N–H and O–H groups in total. The Labute approximate surface area is 164 Å². The van der Waals surface area contributed by atoms with Crippen molar-refractivity contribution in [2.24, 2.45) is 0 Å². The molecule has 0 bridgehead atoms. The van der Waals surface area contributed by atoms with Crippen molar-refractivity contribution in [3.8, 4) is 0 Å². The number of nitrogens with zero attached hydrogens (tertiary/aromatic N) is 1. The lowest BCUT2D eigenvalue weighted by Gasteiger charge is -2.15. The van der Waals surface area contributed by atoms with Crippen LogP contribution in [0.2, 0.25) is 0 Å². The van der Waals surface area contributed by atoms with Gasteiger partial charge in [0.1, 0.15) is 11.3 Å². The zero-order valence-corrected chi connectivity index (χ0v) is 16.4. The highest BCUT2D eigenvalue weighted by Gasteiger charge is 2.12. The number of fused-ring (bicyclic) bond motifs is 1. The van der Waals surface area contributed by atoms with E-state index in [4.69, 9.17) is 4.42 Å². The lowest BCUT2D eigenvalue weighted by Crippen LogP contribution is -2.24. The van der Waals surface area contributed by atoms with Crippen molar-refractivity contribution in [2.45, 2.75) is 19.9 Å². The van der Waals surface area contributed by atoms with Gasteiger partial charge in [-0.25, -0.2) is 0 Å². The van der Waals surface area contributed by atoms with Gasteiger partial charge in [-0.1, -0.05) is 37.3 Å². The third-order valence-electron chi connectivity index (χ3n) is 4.66. The van der Waals surface area contributed by atoms with Crippen LogP contribution in [-0.4, -0.2) is 30.8 Å². The summed E-state index contributed by atoms with van der Waals surface area (Å²) in [4.78, 5) is 25.8. The Kier molecular flexibility index (Phi) is 5.94. The average Bonchev–Trinajstić information content (AvgIpc) is 3.09. The predicted octanol–water partition coefficient (Wildman–Crippen LogP) is 4.03. The van der Waals surface area contributed by atoms with E-state index in [2.05, 4.69) is 5.32 Å². The second-order valence-electron chi connectivity index (χ2n) is 6.59. The van der Waals surface area contributed by atoms with Crippen molar-refractivity contribution >= 4 is 28.9 Å². The topological polar surface area (TPSA) is 62.6 Å². The number of hydrogen-bond donors (Lipinski definition) is 1. The van der Waals surface area contributed by atoms with Gasteiger partial charge in [-0.2, -0.15) is 0 Å². The van der Waals surface area contributed by atoms with E-state index in [0.717, 1.165) is 34.3 Å². The predicted molar refractivity (Wildman–Crippen MR) is 111 cm³/mol. The highest BCUT2D eigenvalue weighted by molar-refractivity contribution is 5.96. The quantitative estimate of drug-likeness (QED) is 0.661. The van der Waals surface area contributed by atoms with Gasteiger partial charge in [-0.3, -0.25) is 9.59 Å². The second-order valence-corrected chi connectivity index (χ2v) is 6.59. The van der Waals surface area contributed by atoms with Crippen molar-refractivity contribution in [1.82, 2.24) is 10.2 Å². The van der Waals surface area contributed by atoms with E-state index < -0.39 is 0 Å². The molecule has 0 aliphatic heterocycles. The Morgan fingerprint density at radius 3 is 2.50 bits per heavy atom. The fourth-order valence-electron chi connectivity index (χ4n) is 3.10. The van der Waals surface area contributed by atoms with E-state index in [1.807, 2.05) is 49.4 Å². The van der Waals surface area contributed by atoms with E-state index in [0.29, 0.717) is 12.1 Å². The summed E-state index contributed by atoms with van der Waals surface area (Å²) in [6.07, 6.45) is 4.17. The zero-order valence-electron chi connectivity index (χ0n) is 16.4. The van der Waals surface area contributed by atoms with E-state index in [-0.39, 0.29) is 11.8 Å². The number of likely N-dealkylation sites (N-methyl/N-ethyl adjacent to an activating group) is 1. The van der Waals surface area contributed by atoms with E-state index in [9.17, 15) is 9.59 Å². The van der Waals surface area contributed by atoms with E-state index in [1.165, 1.54) is 0 Å². The summed E-state index contributed by atoms with van der Waals surface area (Å²) in [6, 6.07) is 15.1. The molecule has 3 rings (SSSR count). The summed E-state index contributed by atoms with van der Waals surface area (Å²) < 4.78 is 5.87. The van der Waals surface area contributed by atoms with Crippen molar-refractivity contribution in [2.75, 3.05) is 14.1 Å². The maximum absolute atomic E-state index is 12.5. The molecule has 2 amide bonds. The summed E-state index contributed by atoms with van der Waals surface area (Å²) in [6.45, 7) is 2.50. The molecule has 0 atom stereocenters. The minimum Gasteiger partial charge on any atom is -0.460 e. The van der Waals surface area contributed by atoms with Crippen LogP contribution in [0.5, 0.6) is 0 Å². The number of furan rings is 1. The molecule has 0 fully saturated rings. The fraction of sp³-hybridized carbons (Fsp3) is 0.217. The molecule has 1 aromatic heterocycles. The van der Waals surface area contributed by atoms with Crippen LogP contribution in [0.3, 0.4) is 0 Å². The first-order valence-electron chi connectivity index (χ1n) is 9.28. The van der Waals surface area contributed by atoms with Crippen molar-refractivity contribution < 1.29 is 14.0 Å². The van der Waals surface area contributed by atoms with E-state index >= 15 is 0 Å². The number of rotatable bonds is 6. The molecule has 2 aromatic carbocycles. The van der Waals surface area contributed by atoms with Gasteiger partial charge < -0.3 is 14.6 Å². The molecule has 0 aliphatic carbocycles. The lowest BCUT2D eigenvalue weighted by molar-refractivity contribution is -0.125. The molecule has 5 heteroatoms. The first-order chi connectivity index (χ1) is 13.5. The van der Waals surface area contributed by atoms with Crippen molar-refractivity contribution in [3.05, 3.63) is 77.1 Å². The van der Waals surface area contributed by atoms with Crippen LogP contribution in [0.15, 0.2) is 59.0 Å². The number of amides is 2. The minimum atomic E-state index is -0.127. The molecule has 0 unspecified atom stereocenters. The summed E-state index contributed by atoms with van der Waals surface area (Å²) in [7, 11) is 3.36. The first-order valence-corrected chi connectivity index (χ1v) is 9.28. The number of carbonyl (C=O) groups is 2. The van der Waals surface area contributed by atoms with Gasteiger partial charge in [0.2, 0.25) is 5.91 Å². The number of carbonyl (C=O) groups excluding carboxylic acids is 2. The largest absolute Gasteiger partial charge is 0.460 e. The standard InChI is InChI=1S/C23H24N2O3/c1-4-20-19(18-7-5-6-8-21(18)28-20)13-14-22(26)25(3)15-16-9-11-17(12-10-16)23(27)24-2/h5-14H,4,15H2,1-3H3,(H,24,27)/b14-13+. The first kappa shape index (κ1) is 19.4. The van der Waals surface area contributed by atoms with Gasteiger partial charge in [0, 0.05) is 49.7 Å². The van der Waals surface area contributed by atoms with Gasteiger partial charge in [-0.05, 0) is 29.8 Å². The molecular weight excluding hydrogens is 352 g/mol. The van der Waals surface area contributed by atoms with Crippen LogP contribution in [-0.2, 0) is 17.8 Å². The van der Waals surface area contributed by atoms with Crippen LogP contribution in [0, 0.1) is 0 Å². The molecule has 0 spiro atoms. The van der Waals surface area contributed by atoms with Gasteiger partial charge >= 0.3 is 0 Å². The van der Waals surface area contributed by atoms with Crippen molar-refractivity contribution in [3.63, 3.8) is 0 Å². The molecule has 3 aromatic rings. The Morgan fingerprint density at radius 1 is 1.11 bits per heavy atom. The van der Waals surface area contributed by atoms with Crippen LogP contribution in [0.25, 0.3) is 17.0 Å². The Morgan fingerprint density at radius 2 is 1.82 bits per heavy atom. The monoisotopic (exact) mass is 376 g/mol. The average molecular weight is 376 g/mol. The fourth-order valence-corrected chi connectivity index (χ4v) is 3.10. The number of aryl methyl sites for hydroxylation is 1. The van der Waals surface area contributed by atoms with Gasteiger partial charge in [-0.15, -0.1) is 0 Å². The Hall–Kier alpha value is -3.34. The maximum Gasteiger partial charge on any atom is 0.251 e. The molecule has 0 aliphatic rings. The third-order valence-corrected chi connectivity index (χ3v) is 4.66. The summed E-state index contributed by atoms with van der Waals surface area (Å²) >= 11 is 0. The molecule has 28 heavy (non-hydrogen) atoms. The number of para-hydroxylation sites is 1. The molecule has 0 saturated carbocycles. The molecule has 5 nitrogen and oxygen atoms in total. The van der Waals surface area contributed by atoms with Gasteiger partial charge in [0.15, 0.2) is 0 Å². The SMILES string of the molecule is CCc1oc2ccccc2c1/C=C/C(=O)N(C)Cc1ccc(C(=O)NC)cc1. The molecule has 144 valence electrons. The molecule has 0 radical (unpaired) electrons. The highest BCUT2D eigenvalue weighted by Crippen LogP contribution is 2.27.